The summed E-state index contributed by atoms with van der Waals surface area (Å²) in [7, 11) is 0. The first-order chi connectivity index (χ1) is 18.0. The third-order valence-corrected chi connectivity index (χ3v) is 7.00. The van der Waals surface area contributed by atoms with Crippen molar-refractivity contribution in [1.29, 1.82) is 0 Å². The number of rotatable bonds is 10. The Bertz CT molecular complexity index is 1210. The first-order valence-corrected chi connectivity index (χ1v) is 13.0. The van der Waals surface area contributed by atoms with Gasteiger partial charge in [0.2, 0.25) is 5.91 Å². The number of carbonyl (C=O) groups excluding carboxylic acids is 2. The van der Waals surface area contributed by atoms with Crippen LogP contribution in [0.2, 0.25) is 0 Å². The molecule has 4 rings (SSSR count). The maximum Gasteiger partial charge on any atom is 0.251 e. The van der Waals surface area contributed by atoms with Gasteiger partial charge in [0.05, 0.1) is 5.52 Å². The van der Waals surface area contributed by atoms with Crippen LogP contribution in [0, 0.1) is 12.8 Å². The fourth-order valence-electron chi connectivity index (χ4n) is 4.97. The fourth-order valence-corrected chi connectivity index (χ4v) is 4.97. The van der Waals surface area contributed by atoms with Crippen molar-refractivity contribution in [2.45, 2.75) is 52.2 Å². The average Bonchev–Trinajstić information content (AvgIpc) is 2.91. The first kappa shape index (κ1) is 26.6. The van der Waals surface area contributed by atoms with Crippen molar-refractivity contribution < 1.29 is 19.5 Å². The van der Waals surface area contributed by atoms with Crippen molar-refractivity contribution in [1.82, 2.24) is 20.7 Å². The molecule has 0 aliphatic carbocycles. The SMILES string of the molecule is CCCCN1CC[C@@H](CC(=O)NO)[C@H](NC(=O)c2ccc(OCc3cc(C)nc4ccccc34)cc2)C1. The summed E-state index contributed by atoms with van der Waals surface area (Å²) in [4.78, 5) is 31.8. The van der Waals surface area contributed by atoms with Crippen molar-refractivity contribution >= 4 is 22.7 Å². The van der Waals surface area contributed by atoms with Crippen molar-refractivity contribution in [2.75, 3.05) is 19.6 Å². The number of amides is 2. The lowest BCUT2D eigenvalue weighted by Gasteiger charge is -2.38. The van der Waals surface area contributed by atoms with Crippen LogP contribution in [0.25, 0.3) is 10.9 Å². The number of nitrogens with one attached hydrogen (secondary N) is 2. The molecule has 0 saturated carbocycles. The Morgan fingerprint density at radius 1 is 1.16 bits per heavy atom. The van der Waals surface area contributed by atoms with E-state index in [0.717, 1.165) is 54.5 Å². The maximum absolute atomic E-state index is 13.1. The summed E-state index contributed by atoms with van der Waals surface area (Å²) in [6.07, 6.45) is 3.17. The molecule has 0 bridgehead atoms. The van der Waals surface area contributed by atoms with Crippen molar-refractivity contribution in [3.8, 4) is 5.75 Å². The number of carbonyl (C=O) groups is 2. The molecule has 1 fully saturated rings. The standard InChI is InChI=1S/C29H36N4O4/c1-3-4-14-33-15-13-22(17-28(34)32-36)27(18-33)31-29(35)21-9-11-24(12-10-21)37-19-23-16-20(2)30-26-8-6-5-7-25(23)26/h5-12,16,22,27,36H,3-4,13-15,17-19H2,1-2H3,(H,31,35)(H,32,34)/t22-,27+/m0/s1. The van der Waals surface area contributed by atoms with E-state index in [4.69, 9.17) is 9.94 Å². The van der Waals surface area contributed by atoms with E-state index in [1.807, 2.05) is 37.3 Å². The highest BCUT2D eigenvalue weighted by atomic mass is 16.5. The lowest BCUT2D eigenvalue weighted by molar-refractivity contribution is -0.130. The number of aromatic nitrogens is 1. The van der Waals surface area contributed by atoms with Crippen LogP contribution in [0.15, 0.2) is 54.6 Å². The highest BCUT2D eigenvalue weighted by Gasteiger charge is 2.31. The number of para-hydroxylation sites is 1. The Hall–Kier alpha value is -3.49. The largest absolute Gasteiger partial charge is 0.489 e. The van der Waals surface area contributed by atoms with E-state index in [9.17, 15) is 9.59 Å². The van der Waals surface area contributed by atoms with Gasteiger partial charge in [0.1, 0.15) is 12.4 Å². The fraction of sp³-hybridized carbons (Fsp3) is 0.414. The summed E-state index contributed by atoms with van der Waals surface area (Å²) in [5.74, 6) is 0.0372. The smallest absolute Gasteiger partial charge is 0.251 e. The molecule has 1 aromatic heterocycles. The molecule has 3 N–H and O–H groups in total. The molecule has 1 aliphatic rings. The summed E-state index contributed by atoms with van der Waals surface area (Å²) in [5.41, 5.74) is 5.21. The van der Waals surface area contributed by atoms with Gasteiger partial charge in [-0.1, -0.05) is 31.5 Å². The highest BCUT2D eigenvalue weighted by Crippen LogP contribution is 2.24. The van der Waals surface area contributed by atoms with Crippen molar-refractivity contribution in [2.24, 2.45) is 5.92 Å². The molecule has 2 amide bonds. The molecule has 2 heterocycles. The van der Waals surface area contributed by atoms with Gasteiger partial charge in [-0.2, -0.15) is 0 Å². The van der Waals surface area contributed by atoms with E-state index < -0.39 is 5.91 Å². The number of aryl methyl sites for hydroxylation is 1. The molecule has 196 valence electrons. The lowest BCUT2D eigenvalue weighted by atomic mass is 9.88. The van der Waals surface area contributed by atoms with Crippen LogP contribution in [0.5, 0.6) is 5.75 Å². The minimum Gasteiger partial charge on any atom is -0.489 e. The number of hydrogen-bond acceptors (Lipinski definition) is 6. The Kier molecular flexibility index (Phi) is 9.09. The second-order valence-electron chi connectivity index (χ2n) is 9.77. The molecule has 1 aliphatic heterocycles. The Morgan fingerprint density at radius 2 is 1.95 bits per heavy atom. The van der Waals surface area contributed by atoms with Gasteiger partial charge in [0, 0.05) is 41.2 Å². The highest BCUT2D eigenvalue weighted by molar-refractivity contribution is 5.94. The number of benzene rings is 2. The zero-order valence-electron chi connectivity index (χ0n) is 21.6. The zero-order chi connectivity index (χ0) is 26.2. The molecule has 0 spiro atoms. The normalized spacial score (nSPS) is 17.9. The molecule has 0 unspecified atom stereocenters. The predicted molar refractivity (Wildman–Crippen MR) is 143 cm³/mol. The van der Waals surface area contributed by atoms with E-state index in [-0.39, 0.29) is 24.3 Å². The molecule has 2 aromatic carbocycles. The summed E-state index contributed by atoms with van der Waals surface area (Å²) in [6.45, 7) is 7.08. The Labute approximate surface area is 218 Å². The first-order valence-electron chi connectivity index (χ1n) is 13.0. The summed E-state index contributed by atoms with van der Waals surface area (Å²) < 4.78 is 6.03. The number of piperidine rings is 1. The maximum atomic E-state index is 13.1. The van der Waals surface area contributed by atoms with E-state index in [0.29, 0.717) is 24.5 Å². The second kappa shape index (κ2) is 12.7. The number of hydroxylamine groups is 1. The van der Waals surface area contributed by atoms with Gasteiger partial charge in [-0.05, 0) is 75.2 Å². The topological polar surface area (TPSA) is 104 Å². The van der Waals surface area contributed by atoms with Crippen LogP contribution in [0.3, 0.4) is 0 Å². The van der Waals surface area contributed by atoms with Crippen LogP contribution in [-0.4, -0.2) is 52.6 Å². The third-order valence-electron chi connectivity index (χ3n) is 7.00. The Balaban J connectivity index is 1.39. The van der Waals surface area contributed by atoms with Gasteiger partial charge in [-0.3, -0.25) is 19.8 Å². The molecule has 3 aromatic rings. The quantitative estimate of drug-likeness (QED) is 0.282. The lowest BCUT2D eigenvalue weighted by Crippen LogP contribution is -2.53. The van der Waals surface area contributed by atoms with Crippen molar-refractivity contribution in [3.05, 3.63) is 71.4 Å². The molecule has 37 heavy (non-hydrogen) atoms. The van der Waals surface area contributed by atoms with Crippen LogP contribution >= 0.6 is 0 Å². The number of hydrogen-bond donors (Lipinski definition) is 3. The van der Waals surface area contributed by atoms with Crippen LogP contribution < -0.4 is 15.5 Å². The molecule has 0 radical (unpaired) electrons. The number of likely N-dealkylation sites (tertiary alicyclic amines) is 1. The summed E-state index contributed by atoms with van der Waals surface area (Å²) >= 11 is 0. The predicted octanol–water partition coefficient (Wildman–Crippen LogP) is 4.24. The minimum atomic E-state index is -0.426. The van der Waals surface area contributed by atoms with Gasteiger partial charge in [-0.25, -0.2) is 5.48 Å². The van der Waals surface area contributed by atoms with Gasteiger partial charge >= 0.3 is 0 Å². The third kappa shape index (κ3) is 7.05. The second-order valence-corrected chi connectivity index (χ2v) is 9.77. The van der Waals surface area contributed by atoms with Crippen LogP contribution in [-0.2, 0) is 11.4 Å². The molecule has 8 nitrogen and oxygen atoms in total. The van der Waals surface area contributed by atoms with Gasteiger partial charge < -0.3 is 15.0 Å². The minimum absolute atomic E-state index is 0.0322. The van der Waals surface area contributed by atoms with E-state index in [1.165, 1.54) is 0 Å². The summed E-state index contributed by atoms with van der Waals surface area (Å²) in [5, 5.41) is 13.2. The molecular formula is C29H36N4O4. The molecule has 8 heteroatoms. The molecule has 2 atom stereocenters. The van der Waals surface area contributed by atoms with Gasteiger partial charge in [0.25, 0.3) is 5.91 Å². The van der Waals surface area contributed by atoms with E-state index >= 15 is 0 Å². The summed E-state index contributed by atoms with van der Waals surface area (Å²) in [6, 6.07) is 17.0. The van der Waals surface area contributed by atoms with Crippen molar-refractivity contribution in [3.63, 3.8) is 0 Å². The number of pyridine rings is 1. The van der Waals surface area contributed by atoms with Gasteiger partial charge in [-0.15, -0.1) is 0 Å². The number of nitrogens with zero attached hydrogens (tertiary/aromatic N) is 2. The van der Waals surface area contributed by atoms with E-state index in [2.05, 4.69) is 22.1 Å². The van der Waals surface area contributed by atoms with E-state index in [1.54, 1.807) is 29.7 Å². The van der Waals surface area contributed by atoms with Crippen LogP contribution in [0.4, 0.5) is 0 Å². The monoisotopic (exact) mass is 504 g/mol. The zero-order valence-corrected chi connectivity index (χ0v) is 21.6. The number of unbranched alkanes of at least 4 members (excludes halogenated alkanes) is 1. The number of ether oxygens (including phenoxy) is 1. The average molecular weight is 505 g/mol. The molecule has 1 saturated heterocycles. The van der Waals surface area contributed by atoms with Gasteiger partial charge in [0.15, 0.2) is 0 Å². The number of fused-ring (bicyclic) bond motifs is 1. The molecular weight excluding hydrogens is 468 g/mol. The van der Waals surface area contributed by atoms with Crippen LogP contribution in [0.1, 0.15) is 54.2 Å². The Morgan fingerprint density at radius 3 is 2.70 bits per heavy atom.